The fourth-order valence-corrected chi connectivity index (χ4v) is 2.53. The number of nitrogens with zero attached hydrogens (tertiary/aromatic N) is 1. The van der Waals surface area contributed by atoms with E-state index in [0.717, 1.165) is 37.8 Å². The average Bonchev–Trinajstić information content (AvgIpc) is 3.25. The minimum atomic E-state index is 0.278. The summed E-state index contributed by atoms with van der Waals surface area (Å²) in [6, 6.07) is 0.297. The van der Waals surface area contributed by atoms with Gasteiger partial charge >= 0.3 is 0 Å². The number of aliphatic hydroxyl groups is 1. The van der Waals surface area contributed by atoms with Gasteiger partial charge in [0.05, 0.1) is 6.61 Å². The fourth-order valence-electron chi connectivity index (χ4n) is 2.53. The molecular formula is C15H30N2O. The molecule has 0 aromatic carbocycles. The van der Waals surface area contributed by atoms with Crippen LogP contribution in [0.4, 0.5) is 0 Å². The quantitative estimate of drug-likeness (QED) is 0.591. The molecule has 2 rings (SSSR count). The fraction of sp³-hybridized carbons (Fsp3) is 1.00. The first kappa shape index (κ1) is 14.3. The summed E-state index contributed by atoms with van der Waals surface area (Å²) in [6.45, 7) is 7.25. The number of hydrogen-bond donors (Lipinski definition) is 2. The maximum Gasteiger partial charge on any atom is 0.0585 e. The zero-order valence-corrected chi connectivity index (χ0v) is 11.9. The number of hydrogen-bond acceptors (Lipinski definition) is 3. The van der Waals surface area contributed by atoms with E-state index in [4.69, 9.17) is 0 Å². The second-order valence-corrected chi connectivity index (χ2v) is 6.27. The van der Waals surface area contributed by atoms with E-state index in [-0.39, 0.29) is 6.61 Å². The highest BCUT2D eigenvalue weighted by Crippen LogP contribution is 2.33. The Hall–Kier alpha value is -0.120. The van der Waals surface area contributed by atoms with Gasteiger partial charge in [0.15, 0.2) is 0 Å². The van der Waals surface area contributed by atoms with Crippen LogP contribution in [0, 0.1) is 11.8 Å². The van der Waals surface area contributed by atoms with Crippen LogP contribution in [-0.4, -0.2) is 48.8 Å². The number of nitrogens with one attached hydrogen (secondary N) is 1. The van der Waals surface area contributed by atoms with Crippen LogP contribution in [-0.2, 0) is 0 Å². The summed E-state index contributed by atoms with van der Waals surface area (Å²) in [5, 5.41) is 12.8. The second-order valence-electron chi connectivity index (χ2n) is 6.27. The molecule has 1 unspecified atom stereocenters. The van der Waals surface area contributed by atoms with Crippen LogP contribution in [0.1, 0.15) is 45.4 Å². The lowest BCUT2D eigenvalue weighted by Crippen LogP contribution is -2.38. The Morgan fingerprint density at radius 1 is 1.17 bits per heavy atom. The van der Waals surface area contributed by atoms with E-state index in [1.165, 1.54) is 38.8 Å². The molecule has 0 amide bonds. The lowest BCUT2D eigenvalue weighted by atomic mass is 10.2. The predicted octanol–water partition coefficient (Wildman–Crippen LogP) is 1.86. The normalized spacial score (nSPS) is 21.5. The van der Waals surface area contributed by atoms with Crippen molar-refractivity contribution >= 4 is 0 Å². The van der Waals surface area contributed by atoms with Gasteiger partial charge in [-0.2, -0.15) is 0 Å². The van der Waals surface area contributed by atoms with Gasteiger partial charge in [-0.1, -0.05) is 6.92 Å². The smallest absolute Gasteiger partial charge is 0.0585 e. The standard InChI is InChI=1S/C15H30N2O/c1-2-8-16-15(12-18)7-9-17(10-13-3-4-13)11-14-5-6-14/h13-16,18H,2-12H2,1H3. The molecule has 0 aromatic heterocycles. The minimum absolute atomic E-state index is 0.278. The van der Waals surface area contributed by atoms with Crippen molar-refractivity contribution in [2.24, 2.45) is 11.8 Å². The van der Waals surface area contributed by atoms with E-state index < -0.39 is 0 Å². The van der Waals surface area contributed by atoms with Gasteiger partial charge in [-0.25, -0.2) is 0 Å². The molecule has 18 heavy (non-hydrogen) atoms. The Labute approximate surface area is 112 Å². The van der Waals surface area contributed by atoms with Gasteiger partial charge in [-0.05, 0) is 63.5 Å². The first-order chi connectivity index (χ1) is 8.81. The van der Waals surface area contributed by atoms with Crippen LogP contribution < -0.4 is 5.32 Å². The summed E-state index contributed by atoms with van der Waals surface area (Å²) >= 11 is 0. The Morgan fingerprint density at radius 2 is 1.78 bits per heavy atom. The van der Waals surface area contributed by atoms with Crippen molar-refractivity contribution in [3.05, 3.63) is 0 Å². The van der Waals surface area contributed by atoms with Gasteiger partial charge in [-0.3, -0.25) is 0 Å². The van der Waals surface area contributed by atoms with Crippen LogP contribution in [0.2, 0.25) is 0 Å². The highest BCUT2D eigenvalue weighted by molar-refractivity contribution is 4.83. The Balaban J connectivity index is 1.65. The van der Waals surface area contributed by atoms with E-state index in [1.54, 1.807) is 0 Å². The zero-order valence-electron chi connectivity index (χ0n) is 11.9. The third-order valence-corrected chi connectivity index (χ3v) is 4.12. The van der Waals surface area contributed by atoms with Crippen molar-refractivity contribution < 1.29 is 5.11 Å². The van der Waals surface area contributed by atoms with Crippen LogP contribution in [0.25, 0.3) is 0 Å². The second kappa shape index (κ2) is 7.46. The molecule has 3 heteroatoms. The van der Waals surface area contributed by atoms with Gasteiger partial charge in [0.2, 0.25) is 0 Å². The molecule has 3 nitrogen and oxygen atoms in total. The highest BCUT2D eigenvalue weighted by Gasteiger charge is 2.29. The first-order valence-electron chi connectivity index (χ1n) is 7.88. The van der Waals surface area contributed by atoms with Crippen molar-refractivity contribution in [3.63, 3.8) is 0 Å². The Bertz CT molecular complexity index is 213. The predicted molar refractivity (Wildman–Crippen MR) is 75.7 cm³/mol. The number of rotatable bonds is 11. The lowest BCUT2D eigenvalue weighted by molar-refractivity contribution is 0.198. The molecule has 0 aromatic rings. The minimum Gasteiger partial charge on any atom is -0.395 e. The topological polar surface area (TPSA) is 35.5 Å². The van der Waals surface area contributed by atoms with Crippen molar-refractivity contribution in [1.29, 1.82) is 0 Å². The van der Waals surface area contributed by atoms with Gasteiger partial charge in [0.25, 0.3) is 0 Å². The molecule has 2 saturated carbocycles. The lowest BCUT2D eigenvalue weighted by Gasteiger charge is -2.25. The highest BCUT2D eigenvalue weighted by atomic mass is 16.3. The van der Waals surface area contributed by atoms with Crippen molar-refractivity contribution in [2.75, 3.05) is 32.8 Å². The maximum atomic E-state index is 9.37. The molecule has 0 heterocycles. The van der Waals surface area contributed by atoms with Crippen molar-refractivity contribution in [3.8, 4) is 0 Å². The summed E-state index contributed by atoms with van der Waals surface area (Å²) < 4.78 is 0. The Kier molecular flexibility index (Phi) is 5.93. The molecule has 2 aliphatic carbocycles. The summed E-state index contributed by atoms with van der Waals surface area (Å²) in [4.78, 5) is 2.66. The van der Waals surface area contributed by atoms with Crippen LogP contribution in [0.5, 0.6) is 0 Å². The molecule has 106 valence electrons. The molecule has 2 aliphatic rings. The zero-order chi connectivity index (χ0) is 12.8. The van der Waals surface area contributed by atoms with Gasteiger partial charge in [-0.15, -0.1) is 0 Å². The first-order valence-corrected chi connectivity index (χ1v) is 7.88. The van der Waals surface area contributed by atoms with E-state index >= 15 is 0 Å². The average molecular weight is 254 g/mol. The molecule has 0 aliphatic heterocycles. The van der Waals surface area contributed by atoms with Crippen LogP contribution in [0.3, 0.4) is 0 Å². The van der Waals surface area contributed by atoms with Gasteiger partial charge < -0.3 is 15.3 Å². The molecule has 0 spiro atoms. The third-order valence-electron chi connectivity index (χ3n) is 4.12. The van der Waals surface area contributed by atoms with Crippen molar-refractivity contribution in [2.45, 2.75) is 51.5 Å². The molecule has 0 saturated heterocycles. The van der Waals surface area contributed by atoms with Gasteiger partial charge in [0.1, 0.15) is 0 Å². The number of aliphatic hydroxyl groups excluding tert-OH is 1. The monoisotopic (exact) mass is 254 g/mol. The summed E-state index contributed by atoms with van der Waals surface area (Å²) in [6.07, 6.45) is 8.01. The molecule has 0 radical (unpaired) electrons. The maximum absolute atomic E-state index is 9.37. The van der Waals surface area contributed by atoms with E-state index in [0.29, 0.717) is 6.04 Å². The molecule has 2 N–H and O–H groups in total. The molecule has 2 fully saturated rings. The van der Waals surface area contributed by atoms with E-state index in [2.05, 4.69) is 17.1 Å². The SMILES string of the molecule is CCCNC(CO)CCN(CC1CC1)CC1CC1. The summed E-state index contributed by atoms with van der Waals surface area (Å²) in [7, 11) is 0. The largest absolute Gasteiger partial charge is 0.395 e. The van der Waals surface area contributed by atoms with E-state index in [9.17, 15) is 5.11 Å². The molecule has 0 bridgehead atoms. The molecular weight excluding hydrogens is 224 g/mol. The third kappa shape index (κ3) is 5.68. The van der Waals surface area contributed by atoms with Gasteiger partial charge in [0, 0.05) is 19.1 Å². The summed E-state index contributed by atoms with van der Waals surface area (Å²) in [5.74, 6) is 1.97. The van der Waals surface area contributed by atoms with E-state index in [1.807, 2.05) is 0 Å². The van der Waals surface area contributed by atoms with Crippen LogP contribution in [0.15, 0.2) is 0 Å². The Morgan fingerprint density at radius 3 is 2.22 bits per heavy atom. The summed E-state index contributed by atoms with van der Waals surface area (Å²) in [5.41, 5.74) is 0. The molecule has 1 atom stereocenters. The van der Waals surface area contributed by atoms with Crippen LogP contribution >= 0.6 is 0 Å². The van der Waals surface area contributed by atoms with Crippen molar-refractivity contribution in [1.82, 2.24) is 10.2 Å².